The highest BCUT2D eigenvalue weighted by Crippen LogP contribution is 2.20. The van der Waals surface area contributed by atoms with Gasteiger partial charge in [0.25, 0.3) is 5.91 Å². The van der Waals surface area contributed by atoms with E-state index in [9.17, 15) is 9.18 Å². The monoisotopic (exact) mass is 293 g/mol. The number of hydrogen-bond acceptors (Lipinski definition) is 2. The van der Waals surface area contributed by atoms with Crippen LogP contribution in [0.1, 0.15) is 29.2 Å². The van der Waals surface area contributed by atoms with Crippen LogP contribution in [-0.4, -0.2) is 15.5 Å². The minimum Gasteiger partial charge on any atom is -0.334 e. The number of rotatable bonds is 2. The lowest BCUT2D eigenvalue weighted by Gasteiger charge is -2.11. The Balaban J connectivity index is 1.78. The van der Waals surface area contributed by atoms with Gasteiger partial charge in [-0.1, -0.05) is 11.6 Å². The fraction of sp³-hybridized carbons (Fsp3) is 0.286. The Morgan fingerprint density at radius 3 is 3.00 bits per heavy atom. The molecule has 3 rings (SSSR count). The van der Waals surface area contributed by atoms with Crippen LogP contribution in [-0.2, 0) is 13.0 Å². The lowest BCUT2D eigenvalue weighted by atomic mass is 10.2. The number of imidazole rings is 1. The second kappa shape index (κ2) is 5.25. The van der Waals surface area contributed by atoms with Crippen LogP contribution >= 0.6 is 11.6 Å². The zero-order valence-electron chi connectivity index (χ0n) is 10.7. The molecule has 1 aromatic carbocycles. The Morgan fingerprint density at radius 1 is 1.40 bits per heavy atom. The number of nitrogens with one attached hydrogen (secondary N) is 1. The van der Waals surface area contributed by atoms with E-state index >= 15 is 0 Å². The van der Waals surface area contributed by atoms with Crippen LogP contribution in [0.2, 0.25) is 5.02 Å². The number of nitrogens with zero attached hydrogens (tertiary/aromatic N) is 2. The summed E-state index contributed by atoms with van der Waals surface area (Å²) < 4.78 is 15.1. The molecule has 6 heteroatoms. The third kappa shape index (κ3) is 2.54. The van der Waals surface area contributed by atoms with Crippen molar-refractivity contribution in [2.24, 2.45) is 0 Å². The van der Waals surface area contributed by atoms with E-state index in [1.807, 2.05) is 4.57 Å². The molecule has 0 atom stereocenters. The van der Waals surface area contributed by atoms with Gasteiger partial charge in [0.1, 0.15) is 17.3 Å². The molecule has 2 aromatic rings. The molecule has 0 aliphatic carbocycles. The zero-order valence-corrected chi connectivity index (χ0v) is 11.5. The molecule has 1 N–H and O–H groups in total. The molecule has 20 heavy (non-hydrogen) atoms. The SMILES string of the molecule is O=C(Nc1ccc(F)c(Cl)c1)c1cn2c(n1)CCCC2. The third-order valence-corrected chi connectivity index (χ3v) is 3.61. The Labute approximate surface area is 120 Å². The predicted octanol–water partition coefficient (Wildman–Crippen LogP) is 3.26. The summed E-state index contributed by atoms with van der Waals surface area (Å²) in [6.45, 7) is 0.901. The zero-order chi connectivity index (χ0) is 14.1. The highest BCUT2D eigenvalue weighted by Gasteiger charge is 2.17. The first-order chi connectivity index (χ1) is 9.63. The normalized spacial score (nSPS) is 13.9. The van der Waals surface area contributed by atoms with E-state index in [1.54, 1.807) is 6.20 Å². The molecule has 1 aliphatic rings. The third-order valence-electron chi connectivity index (χ3n) is 3.32. The van der Waals surface area contributed by atoms with E-state index in [0.29, 0.717) is 11.4 Å². The van der Waals surface area contributed by atoms with Crippen molar-refractivity contribution in [3.05, 3.63) is 46.8 Å². The van der Waals surface area contributed by atoms with Crippen molar-refractivity contribution in [1.82, 2.24) is 9.55 Å². The van der Waals surface area contributed by atoms with Crippen molar-refractivity contribution in [1.29, 1.82) is 0 Å². The molecule has 1 aromatic heterocycles. The summed E-state index contributed by atoms with van der Waals surface area (Å²) >= 11 is 5.68. The predicted molar refractivity (Wildman–Crippen MR) is 74.5 cm³/mol. The van der Waals surface area contributed by atoms with E-state index in [0.717, 1.165) is 31.6 Å². The maximum absolute atomic E-state index is 13.1. The molecule has 1 amide bonds. The number of fused-ring (bicyclic) bond motifs is 1. The first kappa shape index (κ1) is 13.1. The van der Waals surface area contributed by atoms with Crippen molar-refractivity contribution in [2.45, 2.75) is 25.8 Å². The van der Waals surface area contributed by atoms with E-state index in [2.05, 4.69) is 10.3 Å². The Morgan fingerprint density at radius 2 is 2.25 bits per heavy atom. The van der Waals surface area contributed by atoms with Crippen LogP contribution < -0.4 is 5.32 Å². The van der Waals surface area contributed by atoms with Gasteiger partial charge in [-0.15, -0.1) is 0 Å². The maximum atomic E-state index is 13.1. The van der Waals surface area contributed by atoms with Gasteiger partial charge in [0.15, 0.2) is 0 Å². The number of aromatic nitrogens is 2. The smallest absolute Gasteiger partial charge is 0.275 e. The van der Waals surface area contributed by atoms with Crippen molar-refractivity contribution in [2.75, 3.05) is 5.32 Å². The van der Waals surface area contributed by atoms with E-state index in [4.69, 9.17) is 11.6 Å². The van der Waals surface area contributed by atoms with Crippen molar-refractivity contribution < 1.29 is 9.18 Å². The number of anilines is 1. The van der Waals surface area contributed by atoms with Crippen LogP contribution in [0.25, 0.3) is 0 Å². The second-order valence-corrected chi connectivity index (χ2v) is 5.18. The van der Waals surface area contributed by atoms with Crippen molar-refractivity contribution in [3.63, 3.8) is 0 Å². The summed E-state index contributed by atoms with van der Waals surface area (Å²) in [5.41, 5.74) is 0.828. The lowest BCUT2D eigenvalue weighted by molar-refractivity contribution is 0.102. The van der Waals surface area contributed by atoms with Crippen LogP contribution in [0, 0.1) is 5.82 Å². The summed E-state index contributed by atoms with van der Waals surface area (Å²) in [6.07, 6.45) is 4.87. The number of carbonyl (C=O) groups is 1. The fourth-order valence-corrected chi connectivity index (χ4v) is 2.47. The van der Waals surface area contributed by atoms with Crippen molar-refractivity contribution >= 4 is 23.2 Å². The summed E-state index contributed by atoms with van der Waals surface area (Å²) in [5, 5.41) is 2.65. The van der Waals surface area contributed by atoms with Gasteiger partial charge >= 0.3 is 0 Å². The molecule has 4 nitrogen and oxygen atoms in total. The molecule has 0 radical (unpaired) electrons. The molecule has 0 saturated heterocycles. The van der Waals surface area contributed by atoms with Gasteiger partial charge in [-0.2, -0.15) is 0 Å². The molecular formula is C14H13ClFN3O. The van der Waals surface area contributed by atoms with Crippen molar-refractivity contribution in [3.8, 4) is 0 Å². The minimum atomic E-state index is -0.512. The van der Waals surface area contributed by atoms with Crippen LogP contribution in [0.15, 0.2) is 24.4 Å². The molecule has 1 aliphatic heterocycles. The summed E-state index contributed by atoms with van der Waals surface area (Å²) in [4.78, 5) is 16.4. The average molecular weight is 294 g/mol. The topological polar surface area (TPSA) is 46.9 Å². The molecular weight excluding hydrogens is 281 g/mol. The molecule has 104 valence electrons. The lowest BCUT2D eigenvalue weighted by Crippen LogP contribution is -2.12. The van der Waals surface area contributed by atoms with Gasteiger partial charge in [-0.25, -0.2) is 9.37 Å². The van der Waals surface area contributed by atoms with Gasteiger partial charge < -0.3 is 9.88 Å². The number of aryl methyl sites for hydroxylation is 2. The Bertz CT molecular complexity index is 645. The van der Waals surface area contributed by atoms with E-state index in [1.165, 1.54) is 18.2 Å². The average Bonchev–Trinajstić information content (AvgIpc) is 2.87. The minimum absolute atomic E-state index is 0.0214. The quantitative estimate of drug-likeness (QED) is 0.924. The number of carbonyl (C=O) groups excluding carboxylic acids is 1. The summed E-state index contributed by atoms with van der Waals surface area (Å²) in [7, 11) is 0. The summed E-state index contributed by atoms with van der Waals surface area (Å²) in [5.74, 6) is 0.121. The second-order valence-electron chi connectivity index (χ2n) is 4.78. The fourth-order valence-electron chi connectivity index (χ4n) is 2.29. The standard InChI is InChI=1S/C14H13ClFN3O/c15-10-7-9(4-5-11(10)16)17-14(20)12-8-19-6-2-1-3-13(19)18-12/h4-5,7-8H,1-3,6H2,(H,17,20). The molecule has 0 bridgehead atoms. The maximum Gasteiger partial charge on any atom is 0.275 e. The number of benzene rings is 1. The van der Waals surface area contributed by atoms with Crippen LogP contribution in [0.4, 0.5) is 10.1 Å². The molecule has 2 heterocycles. The van der Waals surface area contributed by atoms with Gasteiger partial charge in [-0.05, 0) is 31.0 Å². The molecule has 0 saturated carbocycles. The number of amides is 1. The van der Waals surface area contributed by atoms with E-state index in [-0.39, 0.29) is 10.9 Å². The molecule has 0 unspecified atom stereocenters. The Hall–Kier alpha value is -1.88. The van der Waals surface area contributed by atoms with Crippen LogP contribution in [0.5, 0.6) is 0 Å². The Kier molecular flexibility index (Phi) is 3.44. The largest absolute Gasteiger partial charge is 0.334 e. The molecule has 0 spiro atoms. The number of hydrogen-bond donors (Lipinski definition) is 1. The first-order valence-electron chi connectivity index (χ1n) is 6.46. The number of halogens is 2. The molecule has 0 fully saturated rings. The summed E-state index contributed by atoms with van der Waals surface area (Å²) in [6, 6.07) is 4.07. The van der Waals surface area contributed by atoms with Gasteiger partial charge in [0.2, 0.25) is 0 Å². The van der Waals surface area contributed by atoms with Gasteiger partial charge in [0, 0.05) is 24.8 Å². The highest BCUT2D eigenvalue weighted by molar-refractivity contribution is 6.31. The van der Waals surface area contributed by atoms with Gasteiger partial charge in [0.05, 0.1) is 5.02 Å². The highest BCUT2D eigenvalue weighted by atomic mass is 35.5. The van der Waals surface area contributed by atoms with Gasteiger partial charge in [-0.3, -0.25) is 4.79 Å². The van der Waals surface area contributed by atoms with Crippen LogP contribution in [0.3, 0.4) is 0 Å². The van der Waals surface area contributed by atoms with E-state index < -0.39 is 5.82 Å². The first-order valence-corrected chi connectivity index (χ1v) is 6.84.